The molecule has 154 valence electrons. The highest BCUT2D eigenvalue weighted by atomic mass is 16.5. The monoisotopic (exact) mass is 402 g/mol. The van der Waals surface area contributed by atoms with Gasteiger partial charge < -0.3 is 15.8 Å². The molecular formula is C25H26N2O3. The molecule has 0 aliphatic carbocycles. The Labute approximate surface area is 176 Å². The lowest BCUT2D eigenvalue weighted by Gasteiger charge is -2.20. The molecule has 0 aliphatic rings. The Morgan fingerprint density at radius 3 is 1.73 bits per heavy atom. The third-order valence-electron chi connectivity index (χ3n) is 4.74. The van der Waals surface area contributed by atoms with Gasteiger partial charge in [0.25, 0.3) is 0 Å². The number of carbonyl (C=O) groups is 2. The van der Waals surface area contributed by atoms with E-state index in [0.717, 1.165) is 16.7 Å². The number of hydrogen-bond donors (Lipinski definition) is 2. The van der Waals surface area contributed by atoms with E-state index in [1.165, 1.54) is 0 Å². The molecule has 0 aliphatic heterocycles. The van der Waals surface area contributed by atoms with Crippen LogP contribution in [0.25, 0.3) is 0 Å². The van der Waals surface area contributed by atoms with Gasteiger partial charge in [-0.25, -0.2) is 4.79 Å². The lowest BCUT2D eigenvalue weighted by molar-refractivity contribution is -0.149. The maximum absolute atomic E-state index is 12.8. The van der Waals surface area contributed by atoms with Crippen molar-refractivity contribution >= 4 is 11.9 Å². The minimum atomic E-state index is -0.814. The van der Waals surface area contributed by atoms with E-state index in [4.69, 9.17) is 10.5 Å². The quantitative estimate of drug-likeness (QED) is 0.539. The van der Waals surface area contributed by atoms with Crippen molar-refractivity contribution in [1.82, 2.24) is 5.32 Å². The van der Waals surface area contributed by atoms with Crippen molar-refractivity contribution in [3.05, 3.63) is 108 Å². The lowest BCUT2D eigenvalue weighted by Crippen LogP contribution is -2.50. The number of ether oxygens (including phenoxy) is 1. The summed E-state index contributed by atoms with van der Waals surface area (Å²) in [5.41, 5.74) is 8.87. The molecule has 0 aromatic heterocycles. The highest BCUT2D eigenvalue weighted by molar-refractivity contribution is 5.87. The third kappa shape index (κ3) is 6.57. The molecule has 0 radical (unpaired) electrons. The van der Waals surface area contributed by atoms with Gasteiger partial charge >= 0.3 is 5.97 Å². The molecule has 1 amide bonds. The van der Waals surface area contributed by atoms with Crippen LogP contribution in [0, 0.1) is 0 Å². The predicted octanol–water partition coefficient (Wildman–Crippen LogP) is 3.03. The van der Waals surface area contributed by atoms with Crippen LogP contribution >= 0.6 is 0 Å². The summed E-state index contributed by atoms with van der Waals surface area (Å²) in [4.78, 5) is 25.4. The third-order valence-corrected chi connectivity index (χ3v) is 4.74. The molecule has 3 rings (SSSR count). The van der Waals surface area contributed by atoms with E-state index in [1.54, 1.807) is 0 Å². The van der Waals surface area contributed by atoms with Crippen LogP contribution < -0.4 is 11.1 Å². The van der Waals surface area contributed by atoms with Crippen LogP contribution in [0.1, 0.15) is 16.7 Å². The Morgan fingerprint density at radius 1 is 0.733 bits per heavy atom. The zero-order chi connectivity index (χ0) is 21.2. The summed E-state index contributed by atoms with van der Waals surface area (Å²) in [7, 11) is 0. The summed E-state index contributed by atoms with van der Waals surface area (Å²) in [6.45, 7) is 0.150. The molecule has 3 N–H and O–H groups in total. The number of rotatable bonds is 9. The fourth-order valence-electron chi connectivity index (χ4n) is 3.11. The molecule has 0 spiro atoms. The van der Waals surface area contributed by atoms with Gasteiger partial charge in [-0.2, -0.15) is 0 Å². The van der Waals surface area contributed by atoms with Gasteiger partial charge in [0.05, 0.1) is 6.04 Å². The normalized spacial score (nSPS) is 12.6. The van der Waals surface area contributed by atoms with E-state index >= 15 is 0 Å². The first kappa shape index (κ1) is 21.3. The van der Waals surface area contributed by atoms with Gasteiger partial charge in [-0.05, 0) is 23.1 Å². The van der Waals surface area contributed by atoms with Crippen molar-refractivity contribution < 1.29 is 14.3 Å². The molecule has 0 fully saturated rings. The first-order valence-electron chi connectivity index (χ1n) is 9.96. The molecule has 3 aromatic rings. The van der Waals surface area contributed by atoms with Crippen LogP contribution in [0.4, 0.5) is 0 Å². The topological polar surface area (TPSA) is 81.4 Å². The van der Waals surface area contributed by atoms with E-state index in [2.05, 4.69) is 5.32 Å². The summed E-state index contributed by atoms with van der Waals surface area (Å²) < 4.78 is 5.47. The first-order chi connectivity index (χ1) is 14.6. The summed E-state index contributed by atoms with van der Waals surface area (Å²) in [5, 5.41) is 2.78. The van der Waals surface area contributed by atoms with E-state index in [0.29, 0.717) is 12.8 Å². The zero-order valence-corrected chi connectivity index (χ0v) is 16.7. The smallest absolute Gasteiger partial charge is 0.329 e. The molecule has 2 atom stereocenters. The number of nitrogens with two attached hydrogens (primary N) is 1. The van der Waals surface area contributed by atoms with Gasteiger partial charge in [0.1, 0.15) is 12.6 Å². The summed E-state index contributed by atoms with van der Waals surface area (Å²) in [6.07, 6.45) is 0.724. The summed E-state index contributed by atoms with van der Waals surface area (Å²) in [6, 6.07) is 26.9. The van der Waals surface area contributed by atoms with E-state index in [1.807, 2.05) is 91.0 Å². The van der Waals surface area contributed by atoms with Crippen molar-refractivity contribution in [2.45, 2.75) is 31.5 Å². The van der Waals surface area contributed by atoms with Crippen LogP contribution in [0.15, 0.2) is 91.0 Å². The number of benzene rings is 3. The minimum Gasteiger partial charge on any atom is -0.459 e. The second kappa shape index (κ2) is 10.9. The van der Waals surface area contributed by atoms with Gasteiger partial charge in [-0.3, -0.25) is 4.79 Å². The molecule has 0 unspecified atom stereocenters. The Balaban J connectivity index is 1.65. The number of esters is 1. The Kier molecular flexibility index (Phi) is 7.75. The highest BCUT2D eigenvalue weighted by Crippen LogP contribution is 2.08. The fourth-order valence-corrected chi connectivity index (χ4v) is 3.11. The van der Waals surface area contributed by atoms with Crippen LogP contribution in [0.3, 0.4) is 0 Å². The molecule has 3 aromatic carbocycles. The number of amides is 1. The van der Waals surface area contributed by atoms with Crippen molar-refractivity contribution in [3.63, 3.8) is 0 Å². The van der Waals surface area contributed by atoms with Crippen LogP contribution in [0.2, 0.25) is 0 Å². The van der Waals surface area contributed by atoms with E-state index in [-0.39, 0.29) is 12.5 Å². The van der Waals surface area contributed by atoms with Crippen molar-refractivity contribution in [3.8, 4) is 0 Å². The molecule has 0 heterocycles. The fraction of sp³-hybridized carbons (Fsp3) is 0.200. The molecule has 0 saturated carbocycles. The van der Waals surface area contributed by atoms with Gasteiger partial charge in [-0.1, -0.05) is 91.0 Å². The zero-order valence-electron chi connectivity index (χ0n) is 16.7. The van der Waals surface area contributed by atoms with Gasteiger partial charge in [0.2, 0.25) is 5.91 Å². The van der Waals surface area contributed by atoms with E-state index < -0.39 is 18.1 Å². The average Bonchev–Trinajstić information content (AvgIpc) is 2.79. The number of carbonyl (C=O) groups excluding carboxylic acids is 2. The van der Waals surface area contributed by atoms with Gasteiger partial charge in [0.15, 0.2) is 0 Å². The molecular weight excluding hydrogens is 376 g/mol. The SMILES string of the molecule is N[C@@H](Cc1ccccc1)C(=O)N[C@@H](Cc1ccccc1)C(=O)OCc1ccccc1. The van der Waals surface area contributed by atoms with Crippen molar-refractivity contribution in [1.29, 1.82) is 0 Å². The second-order valence-corrected chi connectivity index (χ2v) is 7.14. The van der Waals surface area contributed by atoms with Gasteiger partial charge in [0, 0.05) is 6.42 Å². The Morgan fingerprint density at radius 2 is 1.20 bits per heavy atom. The summed E-state index contributed by atoms with van der Waals surface area (Å²) in [5.74, 6) is -0.862. The van der Waals surface area contributed by atoms with Crippen LogP contribution in [-0.2, 0) is 33.8 Å². The van der Waals surface area contributed by atoms with Crippen molar-refractivity contribution in [2.24, 2.45) is 5.73 Å². The molecule has 5 nitrogen and oxygen atoms in total. The Hall–Kier alpha value is -3.44. The highest BCUT2D eigenvalue weighted by Gasteiger charge is 2.25. The van der Waals surface area contributed by atoms with Gasteiger partial charge in [-0.15, -0.1) is 0 Å². The maximum atomic E-state index is 12.8. The average molecular weight is 402 g/mol. The maximum Gasteiger partial charge on any atom is 0.329 e. The first-order valence-corrected chi connectivity index (χ1v) is 9.96. The Bertz CT molecular complexity index is 930. The predicted molar refractivity (Wildman–Crippen MR) is 116 cm³/mol. The van der Waals surface area contributed by atoms with Crippen molar-refractivity contribution in [2.75, 3.05) is 0 Å². The minimum absolute atomic E-state index is 0.150. The molecule has 0 bridgehead atoms. The second-order valence-electron chi connectivity index (χ2n) is 7.14. The van der Waals surface area contributed by atoms with Crippen LogP contribution in [-0.4, -0.2) is 24.0 Å². The standard InChI is InChI=1S/C25H26N2O3/c26-22(16-19-10-4-1-5-11-19)24(28)27-23(17-20-12-6-2-7-13-20)25(29)30-18-21-14-8-3-9-15-21/h1-15,22-23H,16-18,26H2,(H,27,28)/t22-,23-/m0/s1. The number of nitrogens with one attached hydrogen (secondary N) is 1. The molecule has 30 heavy (non-hydrogen) atoms. The molecule has 5 heteroatoms. The lowest BCUT2D eigenvalue weighted by atomic mass is 10.0. The largest absolute Gasteiger partial charge is 0.459 e. The van der Waals surface area contributed by atoms with Crippen LogP contribution in [0.5, 0.6) is 0 Å². The molecule has 0 saturated heterocycles. The number of hydrogen-bond acceptors (Lipinski definition) is 4. The van der Waals surface area contributed by atoms with E-state index in [9.17, 15) is 9.59 Å². The summed E-state index contributed by atoms with van der Waals surface area (Å²) >= 11 is 0.